The number of nitrogens with one attached hydrogen (secondary N) is 1. The number of aryl methyl sites for hydroxylation is 1. The van der Waals surface area contributed by atoms with Gasteiger partial charge in [0.1, 0.15) is 0 Å². The Labute approximate surface area is 199 Å². The van der Waals surface area contributed by atoms with E-state index in [0.29, 0.717) is 17.9 Å². The van der Waals surface area contributed by atoms with Crippen molar-refractivity contribution in [3.63, 3.8) is 0 Å². The summed E-state index contributed by atoms with van der Waals surface area (Å²) < 4.78 is 44.7. The predicted octanol–water partition coefficient (Wildman–Crippen LogP) is 3.86. The van der Waals surface area contributed by atoms with Crippen LogP contribution in [0.5, 0.6) is 0 Å². The smallest absolute Gasteiger partial charge is 0.262 e. The molecule has 1 aliphatic heterocycles. The number of allylic oxidation sites excluding steroid dienone is 2. The Hall–Kier alpha value is -2.00. The van der Waals surface area contributed by atoms with E-state index in [0.717, 1.165) is 24.3 Å². The molecule has 1 aromatic heterocycles. The highest BCUT2D eigenvalue weighted by Crippen LogP contribution is 2.48. The normalized spacial score (nSPS) is 26.3. The molecule has 0 spiro atoms. The lowest BCUT2D eigenvalue weighted by Gasteiger charge is -2.44. The van der Waals surface area contributed by atoms with Crippen LogP contribution in [0.1, 0.15) is 24.8 Å². The highest BCUT2D eigenvalue weighted by Gasteiger charge is 2.48. The molecule has 0 saturated carbocycles. The fourth-order valence-electron chi connectivity index (χ4n) is 5.35. The van der Waals surface area contributed by atoms with Crippen molar-refractivity contribution in [2.45, 2.75) is 36.5 Å². The van der Waals surface area contributed by atoms with Gasteiger partial charge < -0.3 is 4.57 Å². The van der Waals surface area contributed by atoms with Crippen LogP contribution >= 0.6 is 11.6 Å². The van der Waals surface area contributed by atoms with E-state index in [9.17, 15) is 8.42 Å². The van der Waals surface area contributed by atoms with Gasteiger partial charge in [-0.2, -0.15) is 4.31 Å². The Bertz CT molecular complexity index is 1250. The third-order valence-electron chi connectivity index (χ3n) is 7.21. The van der Waals surface area contributed by atoms with E-state index in [1.807, 2.05) is 24.3 Å². The Kier molecular flexibility index (Phi) is 5.76. The number of hydrogen-bond donors (Lipinski definition) is 1. The van der Waals surface area contributed by atoms with Gasteiger partial charge in [-0.1, -0.05) is 35.4 Å². The Balaban J connectivity index is 1.37. The lowest BCUT2D eigenvalue weighted by molar-refractivity contribution is 0.119. The maximum absolute atomic E-state index is 16.0. The van der Waals surface area contributed by atoms with Gasteiger partial charge >= 0.3 is 0 Å². The topological polar surface area (TPSA) is 67.2 Å². The third kappa shape index (κ3) is 4.07. The highest BCUT2D eigenvalue weighted by atomic mass is 35.5. The molecule has 2 unspecified atom stereocenters. The van der Waals surface area contributed by atoms with Gasteiger partial charge in [0.05, 0.1) is 6.33 Å². The number of imidazole rings is 1. The molecule has 2 aliphatic carbocycles. The molecule has 1 aromatic carbocycles. The molecule has 6 nitrogen and oxygen atoms in total. The first kappa shape index (κ1) is 22.8. The minimum absolute atomic E-state index is 0.0311. The SMILES string of the molecule is CNC1(F)CC2=C(C=C1C1CN(S(=O)(=O)c3cn(C)cn3)C1)C(Cc1cccc(Cl)c1)CC2. The van der Waals surface area contributed by atoms with Crippen LogP contribution in [0.25, 0.3) is 0 Å². The lowest BCUT2D eigenvalue weighted by Crippen LogP contribution is -2.56. The molecule has 33 heavy (non-hydrogen) atoms. The number of hydrogen-bond acceptors (Lipinski definition) is 4. The summed E-state index contributed by atoms with van der Waals surface area (Å²) in [6, 6.07) is 7.90. The van der Waals surface area contributed by atoms with Gasteiger partial charge in [0.25, 0.3) is 10.0 Å². The molecule has 176 valence electrons. The molecule has 2 aromatic rings. The van der Waals surface area contributed by atoms with Gasteiger partial charge in [-0.15, -0.1) is 0 Å². The van der Waals surface area contributed by atoms with Crippen molar-refractivity contribution in [1.29, 1.82) is 0 Å². The standard InChI is InChI=1S/C24H28ClFN4O2S/c1-27-24(26)11-18-7-6-17(8-16-4-3-5-20(25)9-16)21(18)10-22(24)19-12-30(13-19)33(31,32)23-14-29(2)15-28-23/h3-5,9-10,14-15,17,19,27H,6-8,11-13H2,1-2H3. The van der Waals surface area contributed by atoms with Crippen LogP contribution in [-0.4, -0.2) is 48.2 Å². The Morgan fingerprint density at radius 2 is 2.12 bits per heavy atom. The van der Waals surface area contributed by atoms with Crippen molar-refractivity contribution < 1.29 is 12.8 Å². The van der Waals surface area contributed by atoms with Gasteiger partial charge in [0.15, 0.2) is 10.8 Å². The molecule has 9 heteroatoms. The zero-order chi connectivity index (χ0) is 23.4. The van der Waals surface area contributed by atoms with E-state index in [-0.39, 0.29) is 24.0 Å². The molecule has 2 atom stereocenters. The van der Waals surface area contributed by atoms with Crippen molar-refractivity contribution in [1.82, 2.24) is 19.2 Å². The van der Waals surface area contributed by atoms with E-state index in [4.69, 9.17) is 11.6 Å². The van der Waals surface area contributed by atoms with Crippen LogP contribution < -0.4 is 5.32 Å². The minimum atomic E-state index is -3.66. The van der Waals surface area contributed by atoms with Crippen LogP contribution in [0, 0.1) is 11.8 Å². The summed E-state index contributed by atoms with van der Waals surface area (Å²) in [7, 11) is -0.294. The van der Waals surface area contributed by atoms with Crippen LogP contribution in [0.3, 0.4) is 0 Å². The van der Waals surface area contributed by atoms with E-state index in [1.54, 1.807) is 18.7 Å². The molecule has 2 heterocycles. The van der Waals surface area contributed by atoms with Crippen molar-refractivity contribution in [2.75, 3.05) is 20.1 Å². The van der Waals surface area contributed by atoms with E-state index in [2.05, 4.69) is 16.4 Å². The fourth-order valence-corrected chi connectivity index (χ4v) is 7.06. The first-order valence-electron chi connectivity index (χ1n) is 11.2. The summed E-state index contributed by atoms with van der Waals surface area (Å²) in [5.41, 5.74) is 4.23. The van der Waals surface area contributed by atoms with Gasteiger partial charge in [0, 0.05) is 43.7 Å². The number of rotatable bonds is 6. The second kappa shape index (κ2) is 8.34. The molecule has 1 saturated heterocycles. The second-order valence-corrected chi connectivity index (χ2v) is 11.7. The zero-order valence-corrected chi connectivity index (χ0v) is 20.3. The molecule has 1 fully saturated rings. The van der Waals surface area contributed by atoms with Crippen molar-refractivity contribution >= 4 is 21.6 Å². The summed E-state index contributed by atoms with van der Waals surface area (Å²) in [5, 5.41) is 3.64. The summed E-state index contributed by atoms with van der Waals surface area (Å²) in [5.74, 6) is -1.49. The molecule has 0 amide bonds. The quantitative estimate of drug-likeness (QED) is 0.624. The predicted molar refractivity (Wildman–Crippen MR) is 126 cm³/mol. The maximum Gasteiger partial charge on any atom is 0.262 e. The molecular weight excluding hydrogens is 463 g/mol. The van der Waals surface area contributed by atoms with Crippen LogP contribution in [-0.2, 0) is 23.5 Å². The van der Waals surface area contributed by atoms with Gasteiger partial charge in [-0.25, -0.2) is 17.8 Å². The van der Waals surface area contributed by atoms with Crippen molar-refractivity contribution in [3.05, 3.63) is 70.2 Å². The summed E-state index contributed by atoms with van der Waals surface area (Å²) in [6.45, 7) is 0.527. The number of alkyl halides is 1. The van der Waals surface area contributed by atoms with Gasteiger partial charge in [0.2, 0.25) is 0 Å². The van der Waals surface area contributed by atoms with Crippen LogP contribution in [0.2, 0.25) is 5.02 Å². The zero-order valence-electron chi connectivity index (χ0n) is 18.8. The number of nitrogens with zero attached hydrogens (tertiary/aromatic N) is 3. The largest absolute Gasteiger partial charge is 0.339 e. The lowest BCUT2D eigenvalue weighted by atomic mass is 9.77. The molecule has 5 rings (SSSR count). The number of likely N-dealkylation sites (N-methyl/N-ethyl adjacent to an activating group) is 1. The van der Waals surface area contributed by atoms with Crippen molar-refractivity contribution in [2.24, 2.45) is 18.9 Å². The second-order valence-electron chi connectivity index (χ2n) is 9.35. The minimum Gasteiger partial charge on any atom is -0.339 e. The Morgan fingerprint density at radius 3 is 2.79 bits per heavy atom. The van der Waals surface area contributed by atoms with E-state index < -0.39 is 15.8 Å². The van der Waals surface area contributed by atoms with E-state index in [1.165, 1.54) is 33.5 Å². The first-order chi connectivity index (χ1) is 15.7. The maximum atomic E-state index is 16.0. The molecule has 3 aliphatic rings. The number of aromatic nitrogens is 2. The molecule has 0 radical (unpaired) electrons. The number of benzene rings is 1. The van der Waals surface area contributed by atoms with Gasteiger partial charge in [-0.3, -0.25) is 5.32 Å². The fraction of sp³-hybridized carbons (Fsp3) is 0.458. The summed E-state index contributed by atoms with van der Waals surface area (Å²) in [6.07, 6.45) is 8.05. The van der Waals surface area contributed by atoms with Crippen LogP contribution in [0.4, 0.5) is 4.39 Å². The number of sulfonamides is 1. The Morgan fingerprint density at radius 1 is 1.33 bits per heavy atom. The molecule has 0 bridgehead atoms. The van der Waals surface area contributed by atoms with Gasteiger partial charge in [-0.05, 0) is 61.1 Å². The summed E-state index contributed by atoms with van der Waals surface area (Å²) in [4.78, 5) is 3.99. The average Bonchev–Trinajstić information content (AvgIpc) is 3.33. The molecular formula is C24H28ClFN4O2S. The average molecular weight is 491 g/mol. The molecule has 1 N–H and O–H groups in total. The monoisotopic (exact) mass is 490 g/mol. The third-order valence-corrected chi connectivity index (χ3v) is 9.16. The van der Waals surface area contributed by atoms with Crippen LogP contribution in [0.15, 0.2) is 64.6 Å². The van der Waals surface area contributed by atoms with Crippen molar-refractivity contribution in [3.8, 4) is 0 Å². The highest BCUT2D eigenvalue weighted by molar-refractivity contribution is 7.89. The number of halogens is 2. The first-order valence-corrected chi connectivity index (χ1v) is 13.1. The van der Waals surface area contributed by atoms with E-state index >= 15 is 4.39 Å². The summed E-state index contributed by atoms with van der Waals surface area (Å²) >= 11 is 6.17.